The molecule has 2 aromatic carbocycles. The number of ether oxygens (including phenoxy) is 3. The van der Waals surface area contributed by atoms with E-state index in [9.17, 15) is 4.79 Å². The van der Waals surface area contributed by atoms with Crippen LogP contribution in [0.1, 0.15) is 82.1 Å². The van der Waals surface area contributed by atoms with Crippen molar-refractivity contribution >= 4 is 48.9 Å². The number of rotatable bonds is 16. The molecule has 0 saturated heterocycles. The summed E-state index contributed by atoms with van der Waals surface area (Å²) < 4.78 is 32.9. The number of hydrogen-bond acceptors (Lipinski definition) is 6. The molecule has 0 fully saturated rings. The fraction of sp³-hybridized carbons (Fsp3) is 0.634. The predicted octanol–water partition coefficient (Wildman–Crippen LogP) is 9.27. The van der Waals surface area contributed by atoms with Gasteiger partial charge in [-0.3, -0.25) is 0 Å². The fourth-order valence-electron chi connectivity index (χ4n) is 7.17. The van der Waals surface area contributed by atoms with Crippen molar-refractivity contribution in [2.24, 2.45) is 17.8 Å². The first-order valence-corrected chi connectivity index (χ1v) is 24.3. The summed E-state index contributed by atoms with van der Waals surface area (Å²) in [7, 11) is -3.48. The summed E-state index contributed by atoms with van der Waals surface area (Å²) in [5.41, 5.74) is 1.58. The van der Waals surface area contributed by atoms with Gasteiger partial charge in [-0.25, -0.2) is 4.79 Å². The zero-order valence-corrected chi connectivity index (χ0v) is 36.7. The number of benzene rings is 2. The van der Waals surface area contributed by atoms with E-state index < -0.39 is 22.9 Å². The molecule has 6 atom stereocenters. The highest BCUT2D eigenvalue weighted by Crippen LogP contribution is 2.45. The summed E-state index contributed by atoms with van der Waals surface area (Å²) in [6, 6.07) is 21.6. The van der Waals surface area contributed by atoms with E-state index in [1.807, 2.05) is 13.8 Å². The van der Waals surface area contributed by atoms with E-state index in [1.54, 1.807) is 0 Å². The van der Waals surface area contributed by atoms with Gasteiger partial charge in [0, 0.05) is 24.9 Å². The zero-order chi connectivity index (χ0) is 37.5. The Balaban J connectivity index is 2.24. The van der Waals surface area contributed by atoms with E-state index in [0.717, 1.165) is 12.0 Å². The molecule has 0 saturated carbocycles. The third kappa shape index (κ3) is 9.88. The van der Waals surface area contributed by atoms with Gasteiger partial charge in [0.05, 0.1) is 18.5 Å². The Bertz CT molecular complexity index is 1350. The van der Waals surface area contributed by atoms with E-state index in [0.29, 0.717) is 30.5 Å². The van der Waals surface area contributed by atoms with Crippen LogP contribution >= 0.6 is 15.9 Å². The number of alkyl halides is 1. The van der Waals surface area contributed by atoms with Crippen LogP contribution in [-0.4, -0.2) is 66.8 Å². The Morgan fingerprint density at radius 2 is 1.48 bits per heavy atom. The van der Waals surface area contributed by atoms with Crippen LogP contribution in [0, 0.1) is 17.8 Å². The first-order valence-electron chi connectivity index (χ1n) is 18.4. The summed E-state index contributed by atoms with van der Waals surface area (Å²) in [6.07, 6.45) is 0.324. The Hall–Kier alpha value is -1.60. The molecule has 0 spiro atoms. The third-order valence-corrected chi connectivity index (χ3v) is 21.2. The summed E-state index contributed by atoms with van der Waals surface area (Å²) in [6.45, 7) is 28.2. The number of esters is 1. The number of hydrogen-bond donors (Lipinski definition) is 0. The van der Waals surface area contributed by atoms with Crippen molar-refractivity contribution in [3.05, 3.63) is 71.8 Å². The topological polar surface area (TPSA) is 63.2 Å². The molecule has 9 heteroatoms. The number of halogens is 1. The van der Waals surface area contributed by atoms with E-state index >= 15 is 0 Å². The number of carbonyl (C=O) groups excluding carboxylic acids is 1. The minimum atomic E-state index is -2.97. The monoisotopic (exact) mass is 788 g/mol. The SMILES string of the molecule is CCOC(CBr)O[C@H]1C(C)=C(C(=O)OC)C[C@@H]([C@H](C[C@H](C)CO[Si](C)(C)C(C)(C)C)O[Si](c2ccccc2)(c2ccccc2)C(C)(C)C)[C@@H]1C. The molecule has 0 aliphatic heterocycles. The molecule has 6 nitrogen and oxygen atoms in total. The van der Waals surface area contributed by atoms with Crippen LogP contribution < -0.4 is 10.4 Å². The summed E-state index contributed by atoms with van der Waals surface area (Å²) in [4.78, 5) is 13.5. The van der Waals surface area contributed by atoms with E-state index in [4.69, 9.17) is 23.1 Å². The minimum absolute atomic E-state index is 0.0298. The minimum Gasteiger partial charge on any atom is -0.466 e. The van der Waals surface area contributed by atoms with Gasteiger partial charge in [0.1, 0.15) is 0 Å². The Morgan fingerprint density at radius 1 is 0.940 bits per heavy atom. The van der Waals surface area contributed by atoms with Crippen molar-refractivity contribution in [2.45, 2.75) is 124 Å². The normalized spacial score (nSPS) is 21.1. The Labute approximate surface area is 314 Å². The standard InChI is InChI=1S/C41H65BrO6Si2/c1-14-45-37(27-42)47-38-30(3)34(26-35(31(38)4)39(43)44-11)36(25-29(2)28-46-49(12,13)40(5,6)7)48-50(41(8,9)10,32-21-17-15-18-22-32)33-23-19-16-20-24-33/h15-24,29-30,34,36-38H,14,25-28H2,1-13H3/t29-,30-,34+,36-,37?,38+/m0/s1. The van der Waals surface area contributed by atoms with Crippen LogP contribution in [0.15, 0.2) is 71.8 Å². The third-order valence-electron chi connectivity index (χ3n) is 11.1. The summed E-state index contributed by atoms with van der Waals surface area (Å²) in [5.74, 6) is -0.0981. The highest BCUT2D eigenvalue weighted by atomic mass is 79.9. The van der Waals surface area contributed by atoms with Gasteiger partial charge < -0.3 is 23.1 Å². The lowest BCUT2D eigenvalue weighted by atomic mass is 9.71. The molecule has 0 N–H and O–H groups in total. The van der Waals surface area contributed by atoms with Crippen molar-refractivity contribution in [1.29, 1.82) is 0 Å². The molecule has 0 amide bonds. The number of methoxy groups -OCH3 is 1. The Morgan fingerprint density at radius 3 is 1.92 bits per heavy atom. The molecule has 1 aliphatic rings. The first kappa shape index (κ1) is 42.8. The molecule has 3 rings (SSSR count). The van der Waals surface area contributed by atoms with Crippen molar-refractivity contribution in [2.75, 3.05) is 25.7 Å². The van der Waals surface area contributed by atoms with Crippen LogP contribution in [0.3, 0.4) is 0 Å². The zero-order valence-electron chi connectivity index (χ0n) is 33.1. The molecule has 0 radical (unpaired) electrons. The van der Waals surface area contributed by atoms with Gasteiger partial charge in [0.2, 0.25) is 0 Å². The molecule has 1 aliphatic carbocycles. The first-order chi connectivity index (χ1) is 23.3. The van der Waals surface area contributed by atoms with Gasteiger partial charge in [0.15, 0.2) is 14.6 Å². The van der Waals surface area contributed by atoms with Gasteiger partial charge in [-0.05, 0) is 83.6 Å². The summed E-state index contributed by atoms with van der Waals surface area (Å²) >= 11 is 3.59. The predicted molar refractivity (Wildman–Crippen MR) is 215 cm³/mol. The smallest absolute Gasteiger partial charge is 0.333 e. The molecule has 50 heavy (non-hydrogen) atoms. The molecule has 0 aromatic heterocycles. The quantitative estimate of drug-likeness (QED) is 0.0732. The maximum absolute atomic E-state index is 13.5. The van der Waals surface area contributed by atoms with Crippen LogP contribution in [0.4, 0.5) is 0 Å². The maximum Gasteiger partial charge on any atom is 0.333 e. The molecule has 280 valence electrons. The van der Waals surface area contributed by atoms with E-state index in [-0.39, 0.29) is 46.0 Å². The highest BCUT2D eigenvalue weighted by Gasteiger charge is 2.54. The van der Waals surface area contributed by atoms with Gasteiger partial charge in [-0.2, -0.15) is 0 Å². The average Bonchev–Trinajstić information content (AvgIpc) is 3.06. The van der Waals surface area contributed by atoms with Gasteiger partial charge in [-0.15, -0.1) is 0 Å². The average molecular weight is 790 g/mol. The van der Waals surface area contributed by atoms with Crippen molar-refractivity contribution in [3.63, 3.8) is 0 Å². The molecular weight excluding hydrogens is 725 g/mol. The van der Waals surface area contributed by atoms with Crippen LogP contribution in [0.2, 0.25) is 23.2 Å². The second-order valence-corrected chi connectivity index (χ2v) is 26.4. The van der Waals surface area contributed by atoms with Crippen molar-refractivity contribution < 1.29 is 27.9 Å². The van der Waals surface area contributed by atoms with Crippen LogP contribution in [-0.2, 0) is 27.9 Å². The maximum atomic E-state index is 13.5. The highest BCUT2D eigenvalue weighted by molar-refractivity contribution is 9.09. The van der Waals surface area contributed by atoms with E-state index in [2.05, 4.69) is 145 Å². The summed E-state index contributed by atoms with van der Waals surface area (Å²) in [5, 5.41) is 2.90. The van der Waals surface area contributed by atoms with Gasteiger partial charge in [-0.1, -0.05) is 132 Å². The van der Waals surface area contributed by atoms with Crippen molar-refractivity contribution in [1.82, 2.24) is 0 Å². The molecule has 0 bridgehead atoms. The lowest BCUT2D eigenvalue weighted by Crippen LogP contribution is -2.68. The lowest BCUT2D eigenvalue weighted by molar-refractivity contribution is -0.166. The number of carbonyl (C=O) groups is 1. The van der Waals surface area contributed by atoms with Crippen molar-refractivity contribution in [3.8, 4) is 0 Å². The van der Waals surface area contributed by atoms with E-state index in [1.165, 1.54) is 17.5 Å². The lowest BCUT2D eigenvalue weighted by Gasteiger charge is -2.49. The van der Waals surface area contributed by atoms with Gasteiger partial charge >= 0.3 is 5.97 Å². The second kappa shape index (κ2) is 18.0. The van der Waals surface area contributed by atoms with Crippen LogP contribution in [0.25, 0.3) is 0 Å². The molecule has 0 heterocycles. The fourth-order valence-corrected chi connectivity index (χ4v) is 13.4. The molecule has 1 unspecified atom stereocenters. The molecular formula is C41H65BrO6Si2. The Kier molecular flexibility index (Phi) is 15.4. The molecule has 2 aromatic rings. The second-order valence-electron chi connectivity index (χ2n) is 16.7. The van der Waals surface area contributed by atoms with Gasteiger partial charge in [0.25, 0.3) is 8.32 Å². The van der Waals surface area contributed by atoms with Crippen LogP contribution in [0.5, 0.6) is 0 Å². The largest absolute Gasteiger partial charge is 0.466 e.